The highest BCUT2D eigenvalue weighted by atomic mass is 35.5. The highest BCUT2D eigenvalue weighted by Crippen LogP contribution is 2.37. The van der Waals surface area contributed by atoms with Crippen molar-refractivity contribution in [1.82, 2.24) is 4.98 Å². The van der Waals surface area contributed by atoms with Gasteiger partial charge >= 0.3 is 5.97 Å². The first-order valence-electron chi connectivity index (χ1n) is 8.01. The number of halogens is 2. The van der Waals surface area contributed by atoms with E-state index in [1.807, 2.05) is 51.1 Å². The lowest BCUT2D eigenvalue weighted by Crippen LogP contribution is -2.18. The maximum atomic E-state index is 12.2. The van der Waals surface area contributed by atoms with Gasteiger partial charge in [-0.2, -0.15) is 0 Å². The average Bonchev–Trinajstić information content (AvgIpc) is 2.59. The first-order valence-corrected chi connectivity index (χ1v) is 8.77. The van der Waals surface area contributed by atoms with E-state index < -0.39 is 5.97 Å². The van der Waals surface area contributed by atoms with Crippen LogP contribution in [0.15, 0.2) is 36.4 Å². The van der Waals surface area contributed by atoms with E-state index in [-0.39, 0.29) is 17.4 Å². The van der Waals surface area contributed by atoms with Gasteiger partial charge < -0.3 is 9.47 Å². The van der Waals surface area contributed by atoms with Gasteiger partial charge in [-0.1, -0.05) is 29.3 Å². The molecular formula is C20H17Cl2NO3. The van der Waals surface area contributed by atoms with Crippen LogP contribution in [-0.2, 0) is 4.79 Å². The van der Waals surface area contributed by atoms with Crippen molar-refractivity contribution in [2.24, 2.45) is 0 Å². The minimum Gasteiger partial charge on any atom is -0.482 e. The van der Waals surface area contributed by atoms with Crippen molar-refractivity contribution < 1.29 is 14.3 Å². The van der Waals surface area contributed by atoms with Crippen molar-refractivity contribution in [2.75, 3.05) is 6.61 Å². The van der Waals surface area contributed by atoms with Crippen molar-refractivity contribution in [3.8, 4) is 11.5 Å². The molecule has 0 atom stereocenters. The molecule has 0 saturated heterocycles. The molecule has 26 heavy (non-hydrogen) atoms. The monoisotopic (exact) mass is 389 g/mol. The van der Waals surface area contributed by atoms with Crippen LogP contribution in [0.1, 0.15) is 16.8 Å². The van der Waals surface area contributed by atoms with Crippen LogP contribution in [0.5, 0.6) is 11.5 Å². The molecule has 6 heteroatoms. The van der Waals surface area contributed by atoms with E-state index in [0.29, 0.717) is 21.7 Å². The second-order valence-corrected chi connectivity index (χ2v) is 6.84. The lowest BCUT2D eigenvalue weighted by atomic mass is 10.1. The SMILES string of the molecule is Cc1ccc2c(Cl)cc(Cl)c(OC(=O)COc3ccc(C)c(C)c3)c2n1. The van der Waals surface area contributed by atoms with Crippen LogP contribution in [0.25, 0.3) is 10.9 Å². The molecule has 0 aliphatic carbocycles. The topological polar surface area (TPSA) is 48.4 Å². The summed E-state index contributed by atoms with van der Waals surface area (Å²) < 4.78 is 10.9. The van der Waals surface area contributed by atoms with Gasteiger partial charge in [-0.05, 0) is 62.2 Å². The molecule has 3 aromatic rings. The molecule has 0 amide bonds. The Bertz CT molecular complexity index is 1000. The van der Waals surface area contributed by atoms with Crippen molar-refractivity contribution in [3.63, 3.8) is 0 Å². The molecule has 0 N–H and O–H groups in total. The molecule has 3 rings (SSSR count). The quantitative estimate of drug-likeness (QED) is 0.439. The lowest BCUT2D eigenvalue weighted by Gasteiger charge is -2.12. The van der Waals surface area contributed by atoms with E-state index in [4.69, 9.17) is 32.7 Å². The highest BCUT2D eigenvalue weighted by molar-refractivity contribution is 6.39. The molecule has 2 aromatic carbocycles. The number of benzene rings is 2. The first kappa shape index (κ1) is 18.5. The molecule has 0 aliphatic rings. The number of nitrogens with zero attached hydrogens (tertiary/aromatic N) is 1. The zero-order valence-electron chi connectivity index (χ0n) is 14.6. The molecule has 0 unspecified atom stereocenters. The predicted octanol–water partition coefficient (Wildman–Crippen LogP) is 5.45. The van der Waals surface area contributed by atoms with Gasteiger partial charge in [0.25, 0.3) is 0 Å². The molecule has 0 aliphatic heterocycles. The normalized spacial score (nSPS) is 10.8. The van der Waals surface area contributed by atoms with Crippen LogP contribution >= 0.6 is 23.2 Å². The number of carbonyl (C=O) groups is 1. The average molecular weight is 390 g/mol. The third kappa shape index (κ3) is 3.92. The van der Waals surface area contributed by atoms with Crippen molar-refractivity contribution in [1.29, 1.82) is 0 Å². The molecule has 0 saturated carbocycles. The summed E-state index contributed by atoms with van der Waals surface area (Å²) in [5.41, 5.74) is 3.45. The molecule has 4 nitrogen and oxygen atoms in total. The van der Waals surface area contributed by atoms with E-state index in [1.165, 1.54) is 6.07 Å². The minimum atomic E-state index is -0.572. The number of hydrogen-bond acceptors (Lipinski definition) is 4. The smallest absolute Gasteiger partial charge is 0.349 e. The second-order valence-electron chi connectivity index (χ2n) is 6.03. The molecule has 1 aromatic heterocycles. The number of carbonyl (C=O) groups excluding carboxylic acids is 1. The molecule has 0 fully saturated rings. The number of hydrogen-bond donors (Lipinski definition) is 0. The minimum absolute atomic E-state index is 0.184. The Hall–Kier alpha value is -2.30. The molecule has 0 spiro atoms. The zero-order valence-corrected chi connectivity index (χ0v) is 16.1. The fourth-order valence-corrected chi connectivity index (χ4v) is 3.03. The summed E-state index contributed by atoms with van der Waals surface area (Å²) in [6, 6.07) is 10.8. The Morgan fingerprint density at radius 1 is 1.00 bits per heavy atom. The largest absolute Gasteiger partial charge is 0.482 e. The lowest BCUT2D eigenvalue weighted by molar-refractivity contribution is -0.136. The van der Waals surface area contributed by atoms with Crippen molar-refractivity contribution in [2.45, 2.75) is 20.8 Å². The molecule has 134 valence electrons. The number of fused-ring (bicyclic) bond motifs is 1. The van der Waals surface area contributed by atoms with Gasteiger partial charge in [-0.3, -0.25) is 0 Å². The van der Waals surface area contributed by atoms with Gasteiger partial charge in [-0.25, -0.2) is 9.78 Å². The number of rotatable bonds is 4. The van der Waals surface area contributed by atoms with Gasteiger partial charge in [0.2, 0.25) is 0 Å². The van der Waals surface area contributed by atoms with Crippen LogP contribution in [0.4, 0.5) is 0 Å². The van der Waals surface area contributed by atoms with Gasteiger partial charge in [0, 0.05) is 11.1 Å². The summed E-state index contributed by atoms with van der Waals surface area (Å²) in [7, 11) is 0. The summed E-state index contributed by atoms with van der Waals surface area (Å²) in [5, 5.41) is 1.34. The van der Waals surface area contributed by atoms with E-state index in [9.17, 15) is 4.79 Å². The van der Waals surface area contributed by atoms with Gasteiger partial charge in [-0.15, -0.1) is 0 Å². The third-order valence-corrected chi connectivity index (χ3v) is 4.62. The van der Waals surface area contributed by atoms with Crippen molar-refractivity contribution in [3.05, 3.63) is 63.3 Å². The highest BCUT2D eigenvalue weighted by Gasteiger charge is 2.17. The van der Waals surface area contributed by atoms with Gasteiger partial charge in [0.05, 0.1) is 10.0 Å². The standard InChI is InChI=1S/C20H17Cl2NO3/c1-11-4-6-14(8-12(11)2)25-10-18(24)26-20-17(22)9-16(21)15-7-5-13(3)23-19(15)20/h4-9H,10H2,1-3H3. The number of esters is 1. The van der Waals surface area contributed by atoms with Crippen LogP contribution in [0.2, 0.25) is 10.0 Å². The Labute approximate surface area is 161 Å². The predicted molar refractivity (Wildman–Crippen MR) is 104 cm³/mol. The van der Waals surface area contributed by atoms with E-state index in [1.54, 1.807) is 0 Å². The fraction of sp³-hybridized carbons (Fsp3) is 0.200. The molecular weight excluding hydrogens is 373 g/mol. The molecule has 0 bridgehead atoms. The zero-order chi connectivity index (χ0) is 18.8. The summed E-state index contributed by atoms with van der Waals surface area (Å²) in [6.45, 7) is 5.58. The summed E-state index contributed by atoms with van der Waals surface area (Å²) in [4.78, 5) is 16.6. The Morgan fingerprint density at radius 2 is 1.77 bits per heavy atom. The van der Waals surface area contributed by atoms with E-state index in [2.05, 4.69) is 4.98 Å². The van der Waals surface area contributed by atoms with Crippen LogP contribution in [0, 0.1) is 20.8 Å². The maximum Gasteiger partial charge on any atom is 0.349 e. The first-order chi connectivity index (χ1) is 12.3. The third-order valence-electron chi connectivity index (χ3n) is 4.03. The fourth-order valence-electron chi connectivity index (χ4n) is 2.48. The number of aromatic nitrogens is 1. The van der Waals surface area contributed by atoms with E-state index in [0.717, 1.165) is 16.8 Å². The van der Waals surface area contributed by atoms with Gasteiger partial charge in [0.15, 0.2) is 12.4 Å². The van der Waals surface area contributed by atoms with Crippen LogP contribution in [-0.4, -0.2) is 17.6 Å². The Morgan fingerprint density at radius 3 is 2.50 bits per heavy atom. The van der Waals surface area contributed by atoms with Gasteiger partial charge in [0.1, 0.15) is 11.3 Å². The molecule has 1 heterocycles. The summed E-state index contributed by atoms with van der Waals surface area (Å²) in [6.07, 6.45) is 0. The molecule has 0 radical (unpaired) electrons. The number of ether oxygens (including phenoxy) is 2. The Balaban J connectivity index is 1.81. The maximum absolute atomic E-state index is 12.2. The summed E-state index contributed by atoms with van der Waals surface area (Å²) >= 11 is 12.4. The number of aryl methyl sites for hydroxylation is 3. The number of pyridine rings is 1. The summed E-state index contributed by atoms with van der Waals surface area (Å²) in [5.74, 6) is 0.214. The van der Waals surface area contributed by atoms with Crippen LogP contribution < -0.4 is 9.47 Å². The Kier molecular flexibility index (Phi) is 5.35. The van der Waals surface area contributed by atoms with E-state index >= 15 is 0 Å². The second kappa shape index (κ2) is 7.52. The van der Waals surface area contributed by atoms with Crippen LogP contribution in [0.3, 0.4) is 0 Å². The van der Waals surface area contributed by atoms with Crippen molar-refractivity contribution >= 4 is 40.1 Å².